The van der Waals surface area contributed by atoms with Gasteiger partial charge in [0.25, 0.3) is 0 Å². The molecule has 0 aromatic rings. The molecule has 0 bridgehead atoms. The fourth-order valence-electron chi connectivity index (χ4n) is 3.25. The first-order valence-corrected chi connectivity index (χ1v) is 6.97. The molecule has 16 heavy (non-hydrogen) atoms. The quantitative estimate of drug-likeness (QED) is 0.704. The van der Waals surface area contributed by atoms with Gasteiger partial charge >= 0.3 is 0 Å². The number of hydrogen-bond acceptors (Lipinski definition) is 1. The van der Waals surface area contributed by atoms with E-state index in [0.717, 1.165) is 37.8 Å². The van der Waals surface area contributed by atoms with Crippen molar-refractivity contribution in [3.8, 4) is 0 Å². The van der Waals surface area contributed by atoms with Crippen LogP contribution >= 0.6 is 0 Å². The number of nitrogens with zero attached hydrogens (tertiary/aromatic N) is 1. The Morgan fingerprint density at radius 3 is 2.44 bits per heavy atom. The van der Waals surface area contributed by atoms with E-state index in [9.17, 15) is 4.79 Å². The van der Waals surface area contributed by atoms with Gasteiger partial charge < -0.3 is 4.90 Å². The van der Waals surface area contributed by atoms with E-state index in [0.29, 0.717) is 11.8 Å². The summed E-state index contributed by atoms with van der Waals surface area (Å²) in [6.07, 6.45) is 7.30. The standard InChI is InChI=1S/C14H25NO/c1-11(2)12-6-5-7-13(10-12)14(16)15-8-3-4-9-15/h11-13H,3-10H2,1-2H3. The van der Waals surface area contributed by atoms with Gasteiger partial charge in [0.1, 0.15) is 0 Å². The predicted molar refractivity (Wildman–Crippen MR) is 66.1 cm³/mol. The molecule has 0 aromatic heterocycles. The zero-order valence-electron chi connectivity index (χ0n) is 10.7. The average Bonchev–Trinajstić information content (AvgIpc) is 2.81. The lowest BCUT2D eigenvalue weighted by Gasteiger charge is -2.33. The fourth-order valence-corrected chi connectivity index (χ4v) is 3.25. The number of hydrogen-bond donors (Lipinski definition) is 0. The molecule has 2 fully saturated rings. The minimum atomic E-state index is 0.347. The SMILES string of the molecule is CC(C)C1CCCC(C(=O)N2CCCC2)C1. The van der Waals surface area contributed by atoms with Crippen LogP contribution in [0.15, 0.2) is 0 Å². The molecule has 0 spiro atoms. The molecule has 1 saturated carbocycles. The molecule has 1 saturated heterocycles. The van der Waals surface area contributed by atoms with Crippen molar-refractivity contribution in [2.45, 2.75) is 52.4 Å². The van der Waals surface area contributed by atoms with Crippen LogP contribution in [0.4, 0.5) is 0 Å². The van der Waals surface area contributed by atoms with Gasteiger partial charge in [0.15, 0.2) is 0 Å². The molecule has 1 aliphatic heterocycles. The van der Waals surface area contributed by atoms with Crippen molar-refractivity contribution >= 4 is 5.91 Å². The largest absolute Gasteiger partial charge is 0.342 e. The summed E-state index contributed by atoms with van der Waals surface area (Å²) in [5, 5.41) is 0. The molecule has 1 amide bonds. The lowest BCUT2D eigenvalue weighted by molar-refractivity contribution is -0.136. The van der Waals surface area contributed by atoms with Crippen molar-refractivity contribution in [2.24, 2.45) is 17.8 Å². The molecule has 2 nitrogen and oxygen atoms in total. The summed E-state index contributed by atoms with van der Waals surface area (Å²) in [4.78, 5) is 14.4. The van der Waals surface area contributed by atoms with Crippen LogP contribution in [-0.2, 0) is 4.79 Å². The van der Waals surface area contributed by atoms with Gasteiger partial charge in [-0.3, -0.25) is 4.79 Å². The van der Waals surface area contributed by atoms with E-state index in [1.807, 2.05) is 0 Å². The number of carbonyl (C=O) groups is 1. The molecule has 2 aliphatic rings. The Kier molecular flexibility index (Phi) is 3.88. The fraction of sp³-hybridized carbons (Fsp3) is 0.929. The topological polar surface area (TPSA) is 20.3 Å². The second-order valence-electron chi connectivity index (χ2n) is 5.90. The summed E-state index contributed by atoms with van der Waals surface area (Å²) in [6.45, 7) is 6.63. The van der Waals surface area contributed by atoms with Crippen molar-refractivity contribution < 1.29 is 4.79 Å². The van der Waals surface area contributed by atoms with Crippen LogP contribution in [0.2, 0.25) is 0 Å². The summed E-state index contributed by atoms with van der Waals surface area (Å²) >= 11 is 0. The van der Waals surface area contributed by atoms with Gasteiger partial charge in [-0.2, -0.15) is 0 Å². The van der Waals surface area contributed by atoms with Crippen LogP contribution < -0.4 is 0 Å². The summed E-state index contributed by atoms with van der Waals surface area (Å²) < 4.78 is 0. The second-order valence-corrected chi connectivity index (χ2v) is 5.90. The van der Waals surface area contributed by atoms with E-state index in [1.54, 1.807) is 0 Å². The van der Waals surface area contributed by atoms with Crippen molar-refractivity contribution in [3.05, 3.63) is 0 Å². The summed E-state index contributed by atoms with van der Waals surface area (Å²) in [6, 6.07) is 0. The predicted octanol–water partition coefficient (Wildman–Crippen LogP) is 3.07. The van der Waals surface area contributed by atoms with Crippen molar-refractivity contribution in [1.29, 1.82) is 0 Å². The van der Waals surface area contributed by atoms with Crippen LogP contribution in [-0.4, -0.2) is 23.9 Å². The maximum absolute atomic E-state index is 12.3. The molecule has 2 heteroatoms. The summed E-state index contributed by atoms with van der Waals surface area (Å²) in [5.74, 6) is 2.33. The van der Waals surface area contributed by atoms with E-state index in [4.69, 9.17) is 0 Å². The maximum atomic E-state index is 12.3. The highest BCUT2D eigenvalue weighted by atomic mass is 16.2. The third-order valence-corrected chi connectivity index (χ3v) is 4.42. The number of amides is 1. The average molecular weight is 223 g/mol. The van der Waals surface area contributed by atoms with Gasteiger partial charge in [0, 0.05) is 19.0 Å². The molecule has 2 rings (SSSR count). The Morgan fingerprint density at radius 2 is 1.81 bits per heavy atom. The van der Waals surface area contributed by atoms with Gasteiger partial charge in [-0.25, -0.2) is 0 Å². The van der Waals surface area contributed by atoms with Crippen molar-refractivity contribution in [3.63, 3.8) is 0 Å². The Balaban J connectivity index is 1.90. The highest BCUT2D eigenvalue weighted by Gasteiger charge is 2.32. The van der Waals surface area contributed by atoms with Gasteiger partial charge in [-0.1, -0.05) is 26.7 Å². The molecule has 1 aliphatic carbocycles. The maximum Gasteiger partial charge on any atom is 0.225 e. The lowest BCUT2D eigenvalue weighted by atomic mass is 9.76. The summed E-state index contributed by atoms with van der Waals surface area (Å²) in [7, 11) is 0. The molecular weight excluding hydrogens is 198 g/mol. The van der Waals surface area contributed by atoms with E-state index in [2.05, 4.69) is 18.7 Å². The van der Waals surface area contributed by atoms with Crippen LogP contribution in [0.1, 0.15) is 52.4 Å². The van der Waals surface area contributed by atoms with Crippen LogP contribution in [0.3, 0.4) is 0 Å². The normalized spacial score (nSPS) is 31.1. The Morgan fingerprint density at radius 1 is 1.12 bits per heavy atom. The van der Waals surface area contributed by atoms with Gasteiger partial charge in [-0.15, -0.1) is 0 Å². The molecule has 0 N–H and O–H groups in total. The van der Waals surface area contributed by atoms with Crippen LogP contribution in [0.25, 0.3) is 0 Å². The monoisotopic (exact) mass is 223 g/mol. The molecule has 2 unspecified atom stereocenters. The smallest absolute Gasteiger partial charge is 0.225 e. The van der Waals surface area contributed by atoms with E-state index < -0.39 is 0 Å². The Labute approximate surface area is 99.4 Å². The molecule has 2 atom stereocenters. The summed E-state index contributed by atoms with van der Waals surface area (Å²) in [5.41, 5.74) is 0. The highest BCUT2D eigenvalue weighted by Crippen LogP contribution is 2.34. The Bertz CT molecular complexity index is 243. The first-order valence-electron chi connectivity index (χ1n) is 6.97. The number of rotatable bonds is 2. The first-order chi connectivity index (χ1) is 7.68. The lowest BCUT2D eigenvalue weighted by Crippen LogP contribution is -2.36. The first kappa shape index (κ1) is 11.9. The second kappa shape index (κ2) is 5.20. The van der Waals surface area contributed by atoms with Crippen molar-refractivity contribution in [1.82, 2.24) is 4.90 Å². The number of carbonyl (C=O) groups excluding carboxylic acids is 1. The van der Waals surface area contributed by atoms with E-state index in [1.165, 1.54) is 25.7 Å². The minimum absolute atomic E-state index is 0.347. The van der Waals surface area contributed by atoms with Gasteiger partial charge in [0.2, 0.25) is 5.91 Å². The van der Waals surface area contributed by atoms with Crippen LogP contribution in [0, 0.1) is 17.8 Å². The van der Waals surface area contributed by atoms with Crippen molar-refractivity contribution in [2.75, 3.05) is 13.1 Å². The minimum Gasteiger partial charge on any atom is -0.342 e. The molecular formula is C14H25NO. The zero-order valence-corrected chi connectivity index (χ0v) is 10.7. The van der Waals surface area contributed by atoms with Gasteiger partial charge in [-0.05, 0) is 37.5 Å². The molecule has 0 aromatic carbocycles. The Hall–Kier alpha value is -0.530. The molecule has 92 valence electrons. The molecule has 0 radical (unpaired) electrons. The van der Waals surface area contributed by atoms with Crippen LogP contribution in [0.5, 0.6) is 0 Å². The van der Waals surface area contributed by atoms with Gasteiger partial charge in [0.05, 0.1) is 0 Å². The zero-order chi connectivity index (χ0) is 11.5. The van der Waals surface area contributed by atoms with E-state index in [-0.39, 0.29) is 0 Å². The molecule has 1 heterocycles. The third-order valence-electron chi connectivity index (χ3n) is 4.42. The number of likely N-dealkylation sites (tertiary alicyclic amines) is 1. The third kappa shape index (κ3) is 2.58. The van der Waals surface area contributed by atoms with E-state index >= 15 is 0 Å². The highest BCUT2D eigenvalue weighted by molar-refractivity contribution is 5.79.